The molecule has 0 amide bonds. The molecule has 0 bridgehead atoms. The van der Waals surface area contributed by atoms with E-state index in [1.807, 2.05) is 18.2 Å². The molecule has 0 radical (unpaired) electrons. The Labute approximate surface area is 122 Å². The summed E-state index contributed by atoms with van der Waals surface area (Å²) in [7, 11) is 2.14. The van der Waals surface area contributed by atoms with Crippen LogP contribution < -0.4 is 5.73 Å². The van der Waals surface area contributed by atoms with Crippen LogP contribution in [-0.4, -0.2) is 11.9 Å². The number of hydrogen-bond donors (Lipinski definition) is 1. The fourth-order valence-electron chi connectivity index (χ4n) is 2.38. The zero-order valence-corrected chi connectivity index (χ0v) is 12.6. The van der Waals surface area contributed by atoms with E-state index in [-0.39, 0.29) is 0 Å². The van der Waals surface area contributed by atoms with Crippen LogP contribution in [0.5, 0.6) is 0 Å². The highest BCUT2D eigenvalue weighted by molar-refractivity contribution is 5.40. The van der Waals surface area contributed by atoms with Crippen molar-refractivity contribution in [2.45, 2.75) is 32.9 Å². The second kappa shape index (κ2) is 6.58. The van der Waals surface area contributed by atoms with E-state index < -0.39 is 0 Å². The minimum Gasteiger partial charge on any atom is -0.399 e. The number of nitrogen functional groups attached to an aromatic ring is 1. The van der Waals surface area contributed by atoms with Crippen LogP contribution in [0.25, 0.3) is 0 Å². The molecule has 0 saturated heterocycles. The minimum atomic E-state index is 0.592. The fourth-order valence-corrected chi connectivity index (χ4v) is 2.38. The molecule has 0 unspecified atom stereocenters. The average molecular weight is 268 g/mol. The molecule has 0 heterocycles. The van der Waals surface area contributed by atoms with Crippen LogP contribution in [0.15, 0.2) is 48.5 Å². The monoisotopic (exact) mass is 268 g/mol. The van der Waals surface area contributed by atoms with Gasteiger partial charge in [0.05, 0.1) is 0 Å². The molecule has 0 aromatic heterocycles. The van der Waals surface area contributed by atoms with Gasteiger partial charge in [-0.25, -0.2) is 0 Å². The minimum absolute atomic E-state index is 0.592. The number of benzene rings is 2. The number of nitrogens with zero attached hydrogens (tertiary/aromatic N) is 1. The van der Waals surface area contributed by atoms with Crippen molar-refractivity contribution in [1.82, 2.24) is 4.90 Å². The molecular weight excluding hydrogens is 244 g/mol. The second-order valence-corrected chi connectivity index (χ2v) is 5.81. The molecule has 0 atom stereocenters. The standard InChI is InChI=1S/C18H24N2/c1-14(2)17-9-7-15(8-10-17)12-20(3)13-16-5-4-6-18(19)11-16/h4-11,14H,12-13,19H2,1-3H3. The predicted octanol–water partition coefficient (Wildman–Crippen LogP) is 4.02. The third-order valence-electron chi connectivity index (χ3n) is 3.50. The van der Waals surface area contributed by atoms with Gasteiger partial charge in [-0.3, -0.25) is 4.90 Å². The quantitative estimate of drug-likeness (QED) is 0.830. The van der Waals surface area contributed by atoms with Gasteiger partial charge in [-0.15, -0.1) is 0 Å². The maximum absolute atomic E-state index is 5.81. The van der Waals surface area contributed by atoms with Gasteiger partial charge in [0, 0.05) is 18.8 Å². The number of rotatable bonds is 5. The van der Waals surface area contributed by atoms with Gasteiger partial charge < -0.3 is 5.73 Å². The molecule has 2 aromatic rings. The number of hydrogen-bond acceptors (Lipinski definition) is 2. The smallest absolute Gasteiger partial charge is 0.0317 e. The number of anilines is 1. The third-order valence-corrected chi connectivity index (χ3v) is 3.50. The summed E-state index contributed by atoms with van der Waals surface area (Å²) in [5, 5.41) is 0. The van der Waals surface area contributed by atoms with E-state index in [9.17, 15) is 0 Å². The van der Waals surface area contributed by atoms with Crippen molar-refractivity contribution >= 4 is 5.69 Å². The van der Waals surface area contributed by atoms with Crippen molar-refractivity contribution in [1.29, 1.82) is 0 Å². The Morgan fingerprint density at radius 1 is 0.950 bits per heavy atom. The summed E-state index contributed by atoms with van der Waals surface area (Å²) in [6, 6.07) is 17.0. The highest BCUT2D eigenvalue weighted by Gasteiger charge is 2.03. The first-order valence-electron chi connectivity index (χ1n) is 7.16. The summed E-state index contributed by atoms with van der Waals surface area (Å²) in [5.41, 5.74) is 10.6. The lowest BCUT2D eigenvalue weighted by Gasteiger charge is -2.17. The van der Waals surface area contributed by atoms with E-state index >= 15 is 0 Å². The molecule has 0 saturated carbocycles. The summed E-state index contributed by atoms with van der Waals surface area (Å²) in [4.78, 5) is 2.30. The molecule has 2 nitrogen and oxygen atoms in total. The van der Waals surface area contributed by atoms with Gasteiger partial charge in [0.2, 0.25) is 0 Å². The summed E-state index contributed by atoms with van der Waals surface area (Å²) in [6.07, 6.45) is 0. The van der Waals surface area contributed by atoms with Gasteiger partial charge in [-0.2, -0.15) is 0 Å². The highest BCUT2D eigenvalue weighted by Crippen LogP contribution is 2.16. The zero-order valence-electron chi connectivity index (χ0n) is 12.6. The summed E-state index contributed by atoms with van der Waals surface area (Å²) < 4.78 is 0. The van der Waals surface area contributed by atoms with Crippen LogP contribution in [0.3, 0.4) is 0 Å². The normalized spacial score (nSPS) is 11.2. The van der Waals surface area contributed by atoms with Crippen LogP contribution in [0.1, 0.15) is 36.5 Å². The van der Waals surface area contributed by atoms with Gasteiger partial charge in [0.25, 0.3) is 0 Å². The van der Waals surface area contributed by atoms with E-state index in [0.717, 1.165) is 18.8 Å². The van der Waals surface area contributed by atoms with Crippen LogP contribution in [0, 0.1) is 0 Å². The first kappa shape index (κ1) is 14.6. The van der Waals surface area contributed by atoms with E-state index in [1.165, 1.54) is 16.7 Å². The Balaban J connectivity index is 1.95. The Morgan fingerprint density at radius 3 is 2.20 bits per heavy atom. The molecule has 106 valence electrons. The van der Waals surface area contributed by atoms with E-state index in [0.29, 0.717) is 5.92 Å². The topological polar surface area (TPSA) is 29.3 Å². The van der Waals surface area contributed by atoms with Crippen LogP contribution in [0.4, 0.5) is 5.69 Å². The molecule has 0 aliphatic rings. The van der Waals surface area contributed by atoms with Crippen LogP contribution in [0.2, 0.25) is 0 Å². The van der Waals surface area contributed by atoms with Gasteiger partial charge in [-0.05, 0) is 41.8 Å². The third kappa shape index (κ3) is 4.10. The van der Waals surface area contributed by atoms with Gasteiger partial charge in [0.15, 0.2) is 0 Å². The van der Waals surface area contributed by atoms with Crippen molar-refractivity contribution in [3.63, 3.8) is 0 Å². The molecule has 2 N–H and O–H groups in total. The highest BCUT2D eigenvalue weighted by atomic mass is 15.1. The Hall–Kier alpha value is -1.80. The van der Waals surface area contributed by atoms with Crippen molar-refractivity contribution in [2.24, 2.45) is 0 Å². The van der Waals surface area contributed by atoms with Crippen molar-refractivity contribution < 1.29 is 0 Å². The Kier molecular flexibility index (Phi) is 4.80. The van der Waals surface area contributed by atoms with E-state index in [4.69, 9.17) is 5.73 Å². The van der Waals surface area contributed by atoms with Crippen molar-refractivity contribution in [3.8, 4) is 0 Å². The molecule has 2 aromatic carbocycles. The summed E-state index contributed by atoms with van der Waals surface area (Å²) in [5.74, 6) is 0.592. The van der Waals surface area contributed by atoms with Gasteiger partial charge in [0.1, 0.15) is 0 Å². The molecule has 0 spiro atoms. The molecule has 2 rings (SSSR count). The molecule has 0 fully saturated rings. The molecule has 20 heavy (non-hydrogen) atoms. The average Bonchev–Trinajstić information content (AvgIpc) is 2.39. The van der Waals surface area contributed by atoms with Crippen LogP contribution >= 0.6 is 0 Å². The zero-order chi connectivity index (χ0) is 14.5. The Bertz CT molecular complexity index is 544. The number of nitrogens with two attached hydrogens (primary N) is 1. The summed E-state index contributed by atoms with van der Waals surface area (Å²) >= 11 is 0. The predicted molar refractivity (Wildman–Crippen MR) is 86.6 cm³/mol. The lowest BCUT2D eigenvalue weighted by Crippen LogP contribution is -2.17. The first-order valence-corrected chi connectivity index (χ1v) is 7.16. The fraction of sp³-hybridized carbons (Fsp3) is 0.333. The first-order chi connectivity index (χ1) is 9.54. The lowest BCUT2D eigenvalue weighted by molar-refractivity contribution is 0.319. The van der Waals surface area contributed by atoms with Crippen LogP contribution in [-0.2, 0) is 13.1 Å². The Morgan fingerprint density at radius 2 is 1.60 bits per heavy atom. The van der Waals surface area contributed by atoms with E-state index in [1.54, 1.807) is 0 Å². The molecule has 0 aliphatic heterocycles. The second-order valence-electron chi connectivity index (χ2n) is 5.81. The molecule has 0 aliphatic carbocycles. The van der Waals surface area contributed by atoms with Crippen molar-refractivity contribution in [2.75, 3.05) is 12.8 Å². The summed E-state index contributed by atoms with van der Waals surface area (Å²) in [6.45, 7) is 6.31. The maximum Gasteiger partial charge on any atom is 0.0317 e. The van der Waals surface area contributed by atoms with Gasteiger partial charge >= 0.3 is 0 Å². The van der Waals surface area contributed by atoms with Crippen molar-refractivity contribution in [3.05, 3.63) is 65.2 Å². The van der Waals surface area contributed by atoms with Gasteiger partial charge in [-0.1, -0.05) is 50.2 Å². The molecular formula is C18H24N2. The molecule has 2 heteroatoms. The van der Waals surface area contributed by atoms with E-state index in [2.05, 4.69) is 56.1 Å². The lowest BCUT2D eigenvalue weighted by atomic mass is 10.0. The largest absolute Gasteiger partial charge is 0.399 e. The maximum atomic E-state index is 5.81. The SMILES string of the molecule is CC(C)c1ccc(CN(C)Cc2cccc(N)c2)cc1.